The summed E-state index contributed by atoms with van der Waals surface area (Å²) in [5.74, 6) is -0.0195. The standard InChI is InChI=1S/C10H9NO3S/c12-6-8-5-11(7-15(13)14)10-4-2-1-3-9(8)10/h1-6H,7H2,(H,13,14). The Bertz CT molecular complexity index is 532. The molecular weight excluding hydrogens is 214 g/mol. The number of benzene rings is 1. The van der Waals surface area contributed by atoms with Gasteiger partial charge in [-0.05, 0) is 6.07 Å². The lowest BCUT2D eigenvalue weighted by atomic mass is 10.2. The molecule has 1 aromatic heterocycles. The summed E-state index contributed by atoms with van der Waals surface area (Å²) in [4.78, 5) is 10.8. The molecular formula is C10H9NO3S. The van der Waals surface area contributed by atoms with E-state index in [1.54, 1.807) is 10.8 Å². The minimum Gasteiger partial charge on any atom is -0.332 e. The van der Waals surface area contributed by atoms with Crippen LogP contribution in [-0.4, -0.2) is 19.6 Å². The van der Waals surface area contributed by atoms with E-state index in [1.807, 2.05) is 24.3 Å². The number of rotatable bonds is 3. The van der Waals surface area contributed by atoms with E-state index >= 15 is 0 Å². The predicted molar refractivity (Wildman–Crippen MR) is 58.1 cm³/mol. The zero-order valence-electron chi connectivity index (χ0n) is 7.79. The molecule has 1 atom stereocenters. The highest BCUT2D eigenvalue weighted by molar-refractivity contribution is 7.78. The quantitative estimate of drug-likeness (QED) is 0.635. The number of hydrogen-bond donors (Lipinski definition) is 1. The number of carbonyl (C=O) groups excluding carboxylic acids is 1. The van der Waals surface area contributed by atoms with Gasteiger partial charge in [0.1, 0.15) is 5.88 Å². The number of hydrogen-bond acceptors (Lipinski definition) is 2. The van der Waals surface area contributed by atoms with Gasteiger partial charge >= 0.3 is 0 Å². The normalized spacial score (nSPS) is 12.9. The molecule has 0 aliphatic heterocycles. The van der Waals surface area contributed by atoms with Crippen LogP contribution in [0.5, 0.6) is 0 Å². The SMILES string of the molecule is O=Cc1cn(CS(=O)O)c2ccccc12. The van der Waals surface area contributed by atoms with Crippen LogP contribution in [0.15, 0.2) is 30.5 Å². The minimum atomic E-state index is -1.91. The Kier molecular flexibility index (Phi) is 2.66. The largest absolute Gasteiger partial charge is 0.332 e. The van der Waals surface area contributed by atoms with Crippen molar-refractivity contribution in [1.29, 1.82) is 0 Å². The maximum Gasteiger partial charge on any atom is 0.173 e. The van der Waals surface area contributed by atoms with Crippen LogP contribution in [0.1, 0.15) is 10.4 Å². The number of fused-ring (bicyclic) bond motifs is 1. The average molecular weight is 223 g/mol. The summed E-state index contributed by atoms with van der Waals surface area (Å²) in [6, 6.07) is 7.29. The van der Waals surface area contributed by atoms with Crippen LogP contribution < -0.4 is 0 Å². The van der Waals surface area contributed by atoms with Crippen LogP contribution in [0.25, 0.3) is 10.9 Å². The Morgan fingerprint density at radius 2 is 2.13 bits per heavy atom. The topological polar surface area (TPSA) is 59.3 Å². The van der Waals surface area contributed by atoms with Crippen molar-refractivity contribution in [3.63, 3.8) is 0 Å². The Hall–Kier alpha value is -1.46. The molecule has 0 fully saturated rings. The van der Waals surface area contributed by atoms with Gasteiger partial charge in [0.05, 0.1) is 0 Å². The highest BCUT2D eigenvalue weighted by atomic mass is 32.2. The van der Waals surface area contributed by atoms with Crippen molar-refractivity contribution in [2.24, 2.45) is 0 Å². The van der Waals surface area contributed by atoms with Crippen molar-refractivity contribution < 1.29 is 13.6 Å². The summed E-state index contributed by atoms with van der Waals surface area (Å²) >= 11 is -1.91. The molecule has 2 rings (SSSR count). The van der Waals surface area contributed by atoms with E-state index in [-0.39, 0.29) is 5.88 Å². The van der Waals surface area contributed by atoms with Crippen LogP contribution in [-0.2, 0) is 17.0 Å². The molecule has 4 nitrogen and oxygen atoms in total. The molecule has 1 heterocycles. The van der Waals surface area contributed by atoms with Gasteiger partial charge < -0.3 is 9.12 Å². The Labute approximate surface area is 88.8 Å². The van der Waals surface area contributed by atoms with Crippen LogP contribution in [0, 0.1) is 0 Å². The van der Waals surface area contributed by atoms with Gasteiger partial charge in [0.2, 0.25) is 0 Å². The summed E-state index contributed by atoms with van der Waals surface area (Å²) in [5.41, 5.74) is 1.33. The van der Waals surface area contributed by atoms with Crippen molar-refractivity contribution >= 4 is 28.3 Å². The van der Waals surface area contributed by atoms with E-state index in [1.165, 1.54) is 0 Å². The van der Waals surface area contributed by atoms with Crippen LogP contribution in [0.3, 0.4) is 0 Å². The summed E-state index contributed by atoms with van der Waals surface area (Å²) in [6.45, 7) is 0. The van der Waals surface area contributed by atoms with Crippen molar-refractivity contribution in [3.8, 4) is 0 Å². The Balaban J connectivity index is 2.64. The van der Waals surface area contributed by atoms with Gasteiger partial charge in [0.25, 0.3) is 0 Å². The molecule has 15 heavy (non-hydrogen) atoms. The van der Waals surface area contributed by atoms with Crippen LogP contribution in [0.2, 0.25) is 0 Å². The molecule has 1 aromatic carbocycles. The summed E-state index contributed by atoms with van der Waals surface area (Å²) in [5, 5.41) is 0.804. The van der Waals surface area contributed by atoms with E-state index in [4.69, 9.17) is 4.55 Å². The maximum absolute atomic E-state index is 10.8. The zero-order valence-corrected chi connectivity index (χ0v) is 8.61. The molecule has 1 N–H and O–H groups in total. The fourth-order valence-electron chi connectivity index (χ4n) is 1.59. The molecule has 1 unspecified atom stereocenters. The second-order valence-corrected chi connectivity index (χ2v) is 4.04. The molecule has 0 aliphatic carbocycles. The van der Waals surface area contributed by atoms with Crippen LogP contribution >= 0.6 is 0 Å². The molecule has 0 bridgehead atoms. The molecule has 0 amide bonds. The fourth-order valence-corrected chi connectivity index (χ4v) is 2.05. The van der Waals surface area contributed by atoms with Crippen molar-refractivity contribution in [1.82, 2.24) is 4.57 Å². The Morgan fingerprint density at radius 3 is 2.80 bits per heavy atom. The van der Waals surface area contributed by atoms with Gasteiger partial charge in [-0.3, -0.25) is 4.79 Å². The molecule has 0 spiro atoms. The second kappa shape index (κ2) is 3.96. The fraction of sp³-hybridized carbons (Fsp3) is 0.100. The van der Waals surface area contributed by atoms with Crippen LogP contribution in [0.4, 0.5) is 0 Å². The van der Waals surface area contributed by atoms with E-state index in [0.29, 0.717) is 5.56 Å². The maximum atomic E-state index is 10.8. The summed E-state index contributed by atoms with van der Waals surface area (Å²) < 4.78 is 21.1. The van der Waals surface area contributed by atoms with Crippen molar-refractivity contribution in [2.45, 2.75) is 5.88 Å². The second-order valence-electron chi connectivity index (χ2n) is 3.14. The lowest BCUT2D eigenvalue weighted by molar-refractivity contribution is 0.112. The number of carbonyl (C=O) groups is 1. The first-order chi connectivity index (χ1) is 7.22. The zero-order chi connectivity index (χ0) is 10.8. The summed E-state index contributed by atoms with van der Waals surface area (Å²) in [6.07, 6.45) is 2.34. The first-order valence-corrected chi connectivity index (χ1v) is 5.60. The molecule has 0 saturated carbocycles. The van der Waals surface area contributed by atoms with E-state index < -0.39 is 11.1 Å². The van der Waals surface area contributed by atoms with Gasteiger partial charge in [-0.1, -0.05) is 18.2 Å². The third-order valence-electron chi connectivity index (χ3n) is 2.20. The first-order valence-electron chi connectivity index (χ1n) is 4.33. The first kappa shape index (κ1) is 10.1. The van der Waals surface area contributed by atoms with Gasteiger partial charge in [0, 0.05) is 22.7 Å². The van der Waals surface area contributed by atoms with E-state index in [2.05, 4.69) is 0 Å². The monoisotopic (exact) mass is 223 g/mol. The number of aldehydes is 1. The molecule has 5 heteroatoms. The molecule has 2 aromatic rings. The Morgan fingerprint density at radius 1 is 1.40 bits per heavy atom. The lowest BCUT2D eigenvalue weighted by Gasteiger charge is -2.00. The average Bonchev–Trinajstić information content (AvgIpc) is 2.56. The van der Waals surface area contributed by atoms with E-state index in [0.717, 1.165) is 17.2 Å². The minimum absolute atomic E-state index is 0.0195. The number of nitrogens with zero attached hydrogens (tertiary/aromatic N) is 1. The van der Waals surface area contributed by atoms with Gasteiger partial charge in [-0.25, -0.2) is 4.21 Å². The summed E-state index contributed by atoms with van der Waals surface area (Å²) in [7, 11) is 0. The molecule has 0 aliphatic rings. The highest BCUT2D eigenvalue weighted by Gasteiger charge is 2.07. The third kappa shape index (κ3) is 1.84. The van der Waals surface area contributed by atoms with Gasteiger partial charge in [-0.15, -0.1) is 0 Å². The van der Waals surface area contributed by atoms with Gasteiger partial charge in [0.15, 0.2) is 17.4 Å². The molecule has 0 saturated heterocycles. The smallest absolute Gasteiger partial charge is 0.173 e. The molecule has 0 radical (unpaired) electrons. The van der Waals surface area contributed by atoms with E-state index in [9.17, 15) is 9.00 Å². The molecule has 78 valence electrons. The number of aromatic nitrogens is 1. The van der Waals surface area contributed by atoms with Crippen molar-refractivity contribution in [2.75, 3.05) is 0 Å². The third-order valence-corrected chi connectivity index (χ3v) is 2.69. The van der Waals surface area contributed by atoms with Crippen molar-refractivity contribution in [3.05, 3.63) is 36.0 Å². The number of para-hydroxylation sites is 1. The lowest BCUT2D eigenvalue weighted by Crippen LogP contribution is -2.01. The van der Waals surface area contributed by atoms with Gasteiger partial charge in [-0.2, -0.15) is 0 Å². The highest BCUT2D eigenvalue weighted by Crippen LogP contribution is 2.19. The predicted octanol–water partition coefficient (Wildman–Crippen LogP) is 1.63.